The quantitative estimate of drug-likeness (QED) is 0.511. The lowest BCUT2D eigenvalue weighted by Gasteiger charge is -2.06. The number of para-hydroxylation sites is 1. The number of amides is 2. The molecule has 0 unspecified atom stereocenters. The van der Waals surface area contributed by atoms with E-state index in [9.17, 15) is 14.4 Å². The predicted molar refractivity (Wildman–Crippen MR) is 87.8 cm³/mol. The summed E-state index contributed by atoms with van der Waals surface area (Å²) in [7, 11) is 1.34. The van der Waals surface area contributed by atoms with E-state index in [1.807, 2.05) is 30.3 Å². The summed E-state index contributed by atoms with van der Waals surface area (Å²) in [5, 5.41) is 5.55. The van der Waals surface area contributed by atoms with Gasteiger partial charge < -0.3 is 15.4 Å². The Kier molecular flexibility index (Phi) is 9.12. The third-order valence-corrected chi connectivity index (χ3v) is 3.22. The molecule has 0 bridgehead atoms. The van der Waals surface area contributed by atoms with Gasteiger partial charge in [-0.1, -0.05) is 18.2 Å². The topological polar surface area (TPSA) is 84.5 Å². The SMILES string of the molecule is COC(=O)CCCNC(=O)CCCCC(=O)Nc1ccccc1. The van der Waals surface area contributed by atoms with Gasteiger partial charge in [-0.2, -0.15) is 0 Å². The van der Waals surface area contributed by atoms with E-state index in [-0.39, 0.29) is 17.8 Å². The Bertz CT molecular complexity index is 503. The molecular weight excluding hydrogens is 296 g/mol. The molecule has 1 aromatic rings. The molecule has 1 aromatic carbocycles. The first kappa shape index (κ1) is 18.7. The van der Waals surface area contributed by atoms with Crippen LogP contribution in [0.1, 0.15) is 38.5 Å². The van der Waals surface area contributed by atoms with E-state index in [0.717, 1.165) is 5.69 Å². The molecule has 2 N–H and O–H groups in total. The lowest BCUT2D eigenvalue weighted by molar-refractivity contribution is -0.140. The molecule has 6 nitrogen and oxygen atoms in total. The molecule has 0 aromatic heterocycles. The summed E-state index contributed by atoms with van der Waals surface area (Å²) in [4.78, 5) is 34.2. The van der Waals surface area contributed by atoms with Crippen LogP contribution in [-0.4, -0.2) is 31.4 Å². The van der Waals surface area contributed by atoms with E-state index in [4.69, 9.17) is 0 Å². The monoisotopic (exact) mass is 320 g/mol. The van der Waals surface area contributed by atoms with Crippen molar-refractivity contribution in [3.05, 3.63) is 30.3 Å². The number of anilines is 1. The van der Waals surface area contributed by atoms with Crippen LogP contribution in [0.2, 0.25) is 0 Å². The molecule has 0 aliphatic carbocycles. The van der Waals surface area contributed by atoms with Crippen LogP contribution in [0.15, 0.2) is 30.3 Å². The zero-order chi connectivity index (χ0) is 16.9. The molecule has 0 aliphatic rings. The van der Waals surface area contributed by atoms with Crippen molar-refractivity contribution in [2.24, 2.45) is 0 Å². The zero-order valence-corrected chi connectivity index (χ0v) is 13.5. The van der Waals surface area contributed by atoms with E-state index >= 15 is 0 Å². The molecule has 0 fully saturated rings. The van der Waals surface area contributed by atoms with Crippen LogP contribution in [-0.2, 0) is 19.1 Å². The lowest BCUT2D eigenvalue weighted by Crippen LogP contribution is -2.24. The maximum Gasteiger partial charge on any atom is 0.305 e. The van der Waals surface area contributed by atoms with Gasteiger partial charge in [-0.05, 0) is 31.4 Å². The number of rotatable bonds is 10. The first-order valence-corrected chi connectivity index (χ1v) is 7.80. The molecule has 0 saturated heterocycles. The number of hydrogen-bond donors (Lipinski definition) is 2. The van der Waals surface area contributed by atoms with Crippen LogP contribution in [0.3, 0.4) is 0 Å². The van der Waals surface area contributed by atoms with Gasteiger partial charge in [0.05, 0.1) is 7.11 Å². The van der Waals surface area contributed by atoms with Crippen molar-refractivity contribution in [3.8, 4) is 0 Å². The second kappa shape index (κ2) is 11.2. The molecular formula is C17H24N2O4. The van der Waals surface area contributed by atoms with Crippen molar-refractivity contribution in [3.63, 3.8) is 0 Å². The Labute approximate surface area is 136 Å². The summed E-state index contributed by atoms with van der Waals surface area (Å²) < 4.78 is 4.51. The lowest BCUT2D eigenvalue weighted by atomic mass is 10.1. The third-order valence-electron chi connectivity index (χ3n) is 3.22. The smallest absolute Gasteiger partial charge is 0.305 e. The number of benzene rings is 1. The molecule has 0 saturated carbocycles. The van der Waals surface area contributed by atoms with Gasteiger partial charge in [0.1, 0.15) is 0 Å². The van der Waals surface area contributed by atoms with Crippen LogP contribution in [0.5, 0.6) is 0 Å². The van der Waals surface area contributed by atoms with Crippen molar-refractivity contribution in [1.82, 2.24) is 5.32 Å². The van der Waals surface area contributed by atoms with Crippen molar-refractivity contribution in [2.45, 2.75) is 38.5 Å². The van der Waals surface area contributed by atoms with Gasteiger partial charge in [0.25, 0.3) is 0 Å². The number of carbonyl (C=O) groups excluding carboxylic acids is 3. The van der Waals surface area contributed by atoms with Crippen molar-refractivity contribution >= 4 is 23.5 Å². The predicted octanol–water partition coefficient (Wildman–Crippen LogP) is 2.25. The fraction of sp³-hybridized carbons (Fsp3) is 0.471. The molecule has 0 aliphatic heterocycles. The van der Waals surface area contributed by atoms with Crippen LogP contribution in [0.25, 0.3) is 0 Å². The highest BCUT2D eigenvalue weighted by atomic mass is 16.5. The average Bonchev–Trinajstić information content (AvgIpc) is 2.56. The number of esters is 1. The second-order valence-electron chi connectivity index (χ2n) is 5.15. The van der Waals surface area contributed by atoms with Gasteiger partial charge in [-0.25, -0.2) is 0 Å². The van der Waals surface area contributed by atoms with Gasteiger partial charge in [-0.15, -0.1) is 0 Å². The first-order valence-electron chi connectivity index (χ1n) is 7.80. The van der Waals surface area contributed by atoms with Gasteiger partial charge in [-0.3, -0.25) is 14.4 Å². The van der Waals surface area contributed by atoms with Gasteiger partial charge in [0.2, 0.25) is 11.8 Å². The molecule has 0 spiro atoms. The minimum Gasteiger partial charge on any atom is -0.469 e. The van der Waals surface area contributed by atoms with E-state index in [2.05, 4.69) is 15.4 Å². The Morgan fingerprint density at radius 2 is 1.57 bits per heavy atom. The van der Waals surface area contributed by atoms with Crippen LogP contribution >= 0.6 is 0 Å². The van der Waals surface area contributed by atoms with E-state index in [0.29, 0.717) is 45.1 Å². The highest BCUT2D eigenvalue weighted by Crippen LogP contribution is 2.07. The molecule has 0 radical (unpaired) electrons. The Balaban J connectivity index is 2.02. The van der Waals surface area contributed by atoms with E-state index in [1.165, 1.54) is 7.11 Å². The highest BCUT2D eigenvalue weighted by molar-refractivity contribution is 5.90. The van der Waals surface area contributed by atoms with Crippen LogP contribution in [0.4, 0.5) is 5.69 Å². The fourth-order valence-corrected chi connectivity index (χ4v) is 1.97. The summed E-state index contributed by atoms with van der Waals surface area (Å²) in [6, 6.07) is 9.28. The van der Waals surface area contributed by atoms with Crippen molar-refractivity contribution in [2.75, 3.05) is 19.0 Å². The molecule has 1 rings (SSSR count). The van der Waals surface area contributed by atoms with Crippen LogP contribution in [0, 0.1) is 0 Å². The Morgan fingerprint density at radius 3 is 2.22 bits per heavy atom. The number of nitrogens with one attached hydrogen (secondary N) is 2. The molecule has 0 atom stereocenters. The van der Waals surface area contributed by atoms with Crippen LogP contribution < -0.4 is 10.6 Å². The number of carbonyl (C=O) groups is 3. The summed E-state index contributed by atoms with van der Waals surface area (Å²) in [6.45, 7) is 0.461. The maximum absolute atomic E-state index is 11.7. The number of ether oxygens (including phenoxy) is 1. The number of unbranched alkanes of at least 4 members (excludes halogenated alkanes) is 1. The summed E-state index contributed by atoms with van der Waals surface area (Å²) in [5.41, 5.74) is 0.779. The zero-order valence-electron chi connectivity index (χ0n) is 13.5. The third kappa shape index (κ3) is 9.29. The van der Waals surface area contributed by atoms with Gasteiger partial charge >= 0.3 is 5.97 Å². The van der Waals surface area contributed by atoms with Gasteiger partial charge in [0, 0.05) is 31.5 Å². The molecule has 2 amide bonds. The standard InChI is InChI=1S/C17H24N2O4/c1-23-17(22)12-7-13-18-15(20)10-5-6-11-16(21)19-14-8-3-2-4-9-14/h2-4,8-9H,5-7,10-13H2,1H3,(H,18,20)(H,19,21). The van der Waals surface area contributed by atoms with Gasteiger partial charge in [0.15, 0.2) is 0 Å². The Hall–Kier alpha value is -2.37. The summed E-state index contributed by atoms with van der Waals surface area (Å²) in [6.07, 6.45) is 2.97. The molecule has 0 heterocycles. The Morgan fingerprint density at radius 1 is 0.913 bits per heavy atom. The molecule has 23 heavy (non-hydrogen) atoms. The van der Waals surface area contributed by atoms with E-state index in [1.54, 1.807) is 0 Å². The fourth-order valence-electron chi connectivity index (χ4n) is 1.97. The van der Waals surface area contributed by atoms with Crippen molar-refractivity contribution < 1.29 is 19.1 Å². The number of hydrogen-bond acceptors (Lipinski definition) is 4. The average molecular weight is 320 g/mol. The summed E-state index contributed by atoms with van der Waals surface area (Å²) >= 11 is 0. The highest BCUT2D eigenvalue weighted by Gasteiger charge is 2.05. The minimum absolute atomic E-state index is 0.0466. The number of methoxy groups -OCH3 is 1. The molecule has 126 valence electrons. The maximum atomic E-state index is 11.7. The molecule has 6 heteroatoms. The van der Waals surface area contributed by atoms with Crippen molar-refractivity contribution in [1.29, 1.82) is 0 Å². The normalized spacial score (nSPS) is 9.96. The summed E-state index contributed by atoms with van der Waals surface area (Å²) in [5.74, 6) is -0.378. The second-order valence-corrected chi connectivity index (χ2v) is 5.15. The first-order chi connectivity index (χ1) is 11.1. The largest absolute Gasteiger partial charge is 0.469 e. The van der Waals surface area contributed by atoms with E-state index < -0.39 is 0 Å². The minimum atomic E-state index is -0.274.